The first kappa shape index (κ1) is 67.4. The van der Waals surface area contributed by atoms with E-state index in [-0.39, 0.29) is 19.1 Å². The molecule has 0 saturated carbocycles. The summed E-state index contributed by atoms with van der Waals surface area (Å²) in [4.78, 5) is 23.3. The highest BCUT2D eigenvalue weighted by molar-refractivity contribution is 7.47. The predicted octanol–water partition coefficient (Wildman–Crippen LogP) is 17.4. The lowest BCUT2D eigenvalue weighted by Gasteiger charge is -2.25. The summed E-state index contributed by atoms with van der Waals surface area (Å²) in [5.41, 5.74) is 0. The minimum absolute atomic E-state index is 0.0524. The normalized spacial score (nSPS) is 14.7. The van der Waals surface area contributed by atoms with Crippen molar-refractivity contribution in [1.82, 2.24) is 5.32 Å². The minimum Gasteiger partial charge on any atom is -0.387 e. The summed E-state index contributed by atoms with van der Waals surface area (Å²) in [5, 5.41) is 13.9. The lowest BCUT2D eigenvalue weighted by molar-refractivity contribution is -0.870. The number of carbonyl (C=O) groups excluding carboxylic acids is 1. The maximum absolute atomic E-state index is 13.0. The minimum atomic E-state index is -4.36. The van der Waals surface area contributed by atoms with E-state index in [1.54, 1.807) is 6.08 Å². The van der Waals surface area contributed by atoms with Crippen LogP contribution in [0.4, 0.5) is 0 Å². The van der Waals surface area contributed by atoms with Gasteiger partial charge in [0.2, 0.25) is 5.91 Å². The zero-order valence-corrected chi connectivity index (χ0v) is 46.9. The zero-order valence-electron chi connectivity index (χ0n) is 46.0. The molecule has 1 amide bonds. The van der Waals surface area contributed by atoms with Gasteiger partial charge in [0.05, 0.1) is 39.9 Å². The van der Waals surface area contributed by atoms with Crippen molar-refractivity contribution < 1.29 is 32.9 Å². The van der Waals surface area contributed by atoms with Gasteiger partial charge in [-0.15, -0.1) is 0 Å². The third-order valence-corrected chi connectivity index (χ3v) is 13.3. The van der Waals surface area contributed by atoms with Crippen LogP contribution in [0.15, 0.2) is 97.2 Å². The van der Waals surface area contributed by atoms with E-state index in [1.807, 2.05) is 27.2 Å². The van der Waals surface area contributed by atoms with Crippen LogP contribution in [0.25, 0.3) is 0 Å². The van der Waals surface area contributed by atoms with Crippen LogP contribution in [-0.4, -0.2) is 73.4 Å². The van der Waals surface area contributed by atoms with E-state index in [2.05, 4.69) is 104 Å². The first-order valence-electron chi connectivity index (χ1n) is 28.6. The van der Waals surface area contributed by atoms with E-state index in [0.717, 1.165) is 103 Å². The van der Waals surface area contributed by atoms with Gasteiger partial charge < -0.3 is 19.8 Å². The number of aliphatic hydroxyl groups excluding tert-OH is 1. The van der Waals surface area contributed by atoms with Crippen molar-refractivity contribution in [3.63, 3.8) is 0 Å². The largest absolute Gasteiger partial charge is 0.472 e. The van der Waals surface area contributed by atoms with Gasteiger partial charge in [-0.1, -0.05) is 246 Å². The highest BCUT2D eigenvalue weighted by atomic mass is 31.2. The molecule has 0 aromatic carbocycles. The van der Waals surface area contributed by atoms with E-state index < -0.39 is 20.0 Å². The van der Waals surface area contributed by atoms with Crippen LogP contribution >= 0.6 is 7.82 Å². The van der Waals surface area contributed by atoms with Crippen LogP contribution in [0.3, 0.4) is 0 Å². The van der Waals surface area contributed by atoms with Gasteiger partial charge in [-0.3, -0.25) is 13.8 Å². The number of carbonyl (C=O) groups is 1. The second-order valence-corrected chi connectivity index (χ2v) is 21.7. The Morgan fingerprint density at radius 3 is 1.26 bits per heavy atom. The van der Waals surface area contributed by atoms with Crippen molar-refractivity contribution in [2.75, 3.05) is 40.9 Å². The summed E-state index contributed by atoms with van der Waals surface area (Å²) in [6, 6.07) is -0.865. The lowest BCUT2D eigenvalue weighted by Crippen LogP contribution is -2.45. The molecule has 0 spiro atoms. The van der Waals surface area contributed by atoms with E-state index in [9.17, 15) is 19.4 Å². The second kappa shape index (κ2) is 51.3. The Bertz CT molecular complexity index is 1460. The van der Waals surface area contributed by atoms with E-state index in [0.29, 0.717) is 17.4 Å². The van der Waals surface area contributed by atoms with Crippen LogP contribution < -0.4 is 5.32 Å². The number of amides is 1. The smallest absolute Gasteiger partial charge is 0.387 e. The van der Waals surface area contributed by atoms with Gasteiger partial charge in [0.25, 0.3) is 0 Å². The van der Waals surface area contributed by atoms with Gasteiger partial charge in [0.15, 0.2) is 0 Å². The molecular weight excluding hydrogens is 888 g/mol. The molecule has 3 N–H and O–H groups in total. The molecule has 3 atom stereocenters. The highest BCUT2D eigenvalue weighted by Crippen LogP contribution is 2.43. The Hall–Kier alpha value is -2.58. The third-order valence-electron chi connectivity index (χ3n) is 12.3. The first-order valence-corrected chi connectivity index (χ1v) is 30.1. The number of aliphatic hydroxyl groups is 1. The molecular formula is C61H110N2O6P+. The van der Waals surface area contributed by atoms with Crippen molar-refractivity contribution in [3.05, 3.63) is 97.2 Å². The molecule has 0 aliphatic rings. The Morgan fingerprint density at radius 1 is 0.500 bits per heavy atom. The maximum Gasteiger partial charge on any atom is 0.472 e. The van der Waals surface area contributed by atoms with Gasteiger partial charge in [0, 0.05) is 6.42 Å². The fourth-order valence-corrected chi connectivity index (χ4v) is 8.58. The number of hydrogen-bond acceptors (Lipinski definition) is 5. The first-order chi connectivity index (χ1) is 34.0. The van der Waals surface area contributed by atoms with Crippen LogP contribution in [0.2, 0.25) is 0 Å². The Labute approximate surface area is 432 Å². The quantitative estimate of drug-likeness (QED) is 0.0243. The number of unbranched alkanes of at least 4 members (excludes halogenated alkanes) is 24. The number of nitrogens with one attached hydrogen (secondary N) is 1. The molecule has 0 rings (SSSR count). The summed E-state index contributed by atoms with van der Waals surface area (Å²) in [5.74, 6) is -0.198. The summed E-state index contributed by atoms with van der Waals surface area (Å²) < 4.78 is 23.7. The average Bonchev–Trinajstić information content (AvgIpc) is 3.32. The summed E-state index contributed by atoms with van der Waals surface area (Å²) in [6.07, 6.45) is 73.5. The number of hydrogen-bond donors (Lipinski definition) is 3. The number of nitrogens with zero attached hydrogens (tertiary/aromatic N) is 1. The number of allylic oxidation sites excluding steroid dienone is 15. The van der Waals surface area contributed by atoms with Crippen molar-refractivity contribution in [2.24, 2.45) is 0 Å². The second-order valence-electron chi connectivity index (χ2n) is 20.3. The van der Waals surface area contributed by atoms with Crippen molar-refractivity contribution in [1.29, 1.82) is 0 Å². The molecule has 0 heterocycles. The maximum atomic E-state index is 13.0. The van der Waals surface area contributed by atoms with E-state index in [1.165, 1.54) is 109 Å². The van der Waals surface area contributed by atoms with Crippen molar-refractivity contribution in [3.8, 4) is 0 Å². The molecule has 9 heteroatoms. The Kier molecular flexibility index (Phi) is 49.4. The summed E-state index contributed by atoms with van der Waals surface area (Å²) >= 11 is 0. The van der Waals surface area contributed by atoms with Crippen LogP contribution in [0.5, 0.6) is 0 Å². The predicted molar refractivity (Wildman–Crippen MR) is 304 cm³/mol. The molecule has 0 bridgehead atoms. The molecule has 0 saturated heterocycles. The summed E-state index contributed by atoms with van der Waals surface area (Å²) in [6.45, 7) is 4.69. The van der Waals surface area contributed by atoms with Gasteiger partial charge in [-0.25, -0.2) is 4.57 Å². The van der Waals surface area contributed by atoms with Crippen LogP contribution in [0, 0.1) is 0 Å². The van der Waals surface area contributed by atoms with Gasteiger partial charge in [-0.2, -0.15) is 0 Å². The number of phosphoric ester groups is 1. The molecule has 70 heavy (non-hydrogen) atoms. The molecule has 0 aromatic heterocycles. The fourth-order valence-electron chi connectivity index (χ4n) is 7.85. The van der Waals surface area contributed by atoms with E-state index >= 15 is 0 Å². The lowest BCUT2D eigenvalue weighted by atomic mass is 10.0. The molecule has 0 aromatic rings. The van der Waals surface area contributed by atoms with Gasteiger partial charge in [0.1, 0.15) is 13.2 Å². The average molecular weight is 999 g/mol. The number of phosphoric acid groups is 1. The number of rotatable bonds is 51. The zero-order chi connectivity index (χ0) is 51.3. The van der Waals surface area contributed by atoms with E-state index in [4.69, 9.17) is 9.05 Å². The summed E-state index contributed by atoms with van der Waals surface area (Å²) in [7, 11) is 1.55. The molecule has 0 aliphatic heterocycles. The van der Waals surface area contributed by atoms with Crippen molar-refractivity contribution in [2.45, 2.75) is 244 Å². The standard InChI is InChI=1S/C61H109N2O6P/c1-6-8-10-12-14-16-18-20-22-24-26-28-29-30-31-32-33-35-37-39-41-43-45-47-49-51-53-55-61(65)62-59(58-69-70(66,67)68-57-56-63(3,4)5)60(64)54-52-50-48-46-44-42-40-38-36-34-27-25-23-21-19-17-15-13-11-9-7-2/h8,10,14,16,20,22,26,28,30-31,33,35,39,41,52,54,59-60,64H,6-7,9,11-13,15,17-19,21,23-25,27,29,32,34,36-38,40,42-51,53,55-58H2,1-5H3,(H-,62,65,66,67)/p+1/b10-8-,16-14-,22-20-,28-26-,31-30-,35-33-,41-39-,54-52+. The highest BCUT2D eigenvalue weighted by Gasteiger charge is 2.27. The molecule has 0 radical (unpaired) electrons. The molecule has 404 valence electrons. The molecule has 0 fully saturated rings. The Balaban J connectivity index is 4.32. The van der Waals surface area contributed by atoms with Crippen LogP contribution in [0.1, 0.15) is 232 Å². The van der Waals surface area contributed by atoms with Crippen molar-refractivity contribution >= 4 is 13.7 Å². The monoisotopic (exact) mass is 998 g/mol. The number of quaternary nitrogens is 1. The molecule has 8 nitrogen and oxygen atoms in total. The van der Waals surface area contributed by atoms with Crippen LogP contribution in [-0.2, 0) is 18.4 Å². The number of likely N-dealkylation sites (N-methyl/N-ethyl adjacent to an activating group) is 1. The molecule has 0 aliphatic carbocycles. The SMILES string of the molecule is CC/C=C\C/C=C\C/C=C\C/C=C\C/C=C\C/C=C\C/C=C\CCCCCCCC(=O)NC(COP(=O)(O)OCC[N+](C)(C)C)C(O)/C=C/CCCCCCCCCCCCCCCCCCCCC. The van der Waals surface area contributed by atoms with Gasteiger partial charge >= 0.3 is 7.82 Å². The third kappa shape index (κ3) is 53.2. The fraction of sp³-hybridized carbons (Fsp3) is 0.721. The van der Waals surface area contributed by atoms with Gasteiger partial charge in [-0.05, 0) is 77.0 Å². The molecule has 3 unspecified atom stereocenters. The Morgan fingerprint density at radius 2 is 0.857 bits per heavy atom. The topological polar surface area (TPSA) is 105 Å².